The third kappa shape index (κ3) is 5.04. The largest absolute Gasteiger partial charge is 0.416 e. The highest BCUT2D eigenvalue weighted by Crippen LogP contribution is 2.35. The molecule has 0 saturated carbocycles. The Labute approximate surface area is 225 Å². The number of carbonyl (C=O) groups is 3. The number of carbonyl (C=O) groups excluding carboxylic acids is 3. The van der Waals surface area contributed by atoms with Crippen LogP contribution in [0.25, 0.3) is 5.65 Å². The van der Waals surface area contributed by atoms with Gasteiger partial charge in [-0.1, -0.05) is 24.3 Å². The summed E-state index contributed by atoms with van der Waals surface area (Å²) in [6.45, 7) is 3.25. The van der Waals surface area contributed by atoms with Gasteiger partial charge in [-0.2, -0.15) is 18.3 Å². The first-order valence-electron chi connectivity index (χ1n) is 12.4. The van der Waals surface area contributed by atoms with E-state index in [0.29, 0.717) is 24.0 Å². The molecule has 8 nitrogen and oxygen atoms in total. The van der Waals surface area contributed by atoms with Crippen LogP contribution in [0.2, 0.25) is 0 Å². The molecule has 2 aromatic heterocycles. The number of amides is 2. The van der Waals surface area contributed by atoms with Gasteiger partial charge in [0.15, 0.2) is 17.2 Å². The van der Waals surface area contributed by atoms with Gasteiger partial charge in [-0.25, -0.2) is 13.9 Å². The van der Waals surface area contributed by atoms with E-state index in [1.807, 2.05) is 13.0 Å². The average Bonchev–Trinajstić information content (AvgIpc) is 3.50. The molecule has 0 bridgehead atoms. The fourth-order valence-corrected chi connectivity index (χ4v) is 4.94. The highest BCUT2D eigenvalue weighted by atomic mass is 19.4. The van der Waals surface area contributed by atoms with E-state index >= 15 is 0 Å². The van der Waals surface area contributed by atoms with Crippen LogP contribution in [0.3, 0.4) is 0 Å². The van der Waals surface area contributed by atoms with Crippen molar-refractivity contribution < 1.29 is 31.9 Å². The number of rotatable bonds is 6. The Morgan fingerprint density at radius 3 is 2.48 bits per heavy atom. The van der Waals surface area contributed by atoms with Crippen LogP contribution in [0.4, 0.5) is 17.6 Å². The van der Waals surface area contributed by atoms with E-state index in [1.54, 1.807) is 6.07 Å². The van der Waals surface area contributed by atoms with Gasteiger partial charge in [0.05, 0.1) is 17.8 Å². The summed E-state index contributed by atoms with van der Waals surface area (Å²) >= 11 is 0. The van der Waals surface area contributed by atoms with E-state index in [9.17, 15) is 31.9 Å². The van der Waals surface area contributed by atoms with Crippen molar-refractivity contribution in [3.8, 4) is 0 Å². The Morgan fingerprint density at radius 1 is 1.07 bits per heavy atom. The molecule has 2 N–H and O–H groups in total. The number of Topliss-reactive ketones (excluding diaryl/α,β-unsaturated/α-hetero) is 1. The first-order chi connectivity index (χ1) is 18.9. The van der Waals surface area contributed by atoms with Gasteiger partial charge in [0.2, 0.25) is 0 Å². The molecule has 5 rings (SSSR count). The zero-order chi connectivity index (χ0) is 28.8. The summed E-state index contributed by atoms with van der Waals surface area (Å²) in [6.07, 6.45) is -2.36. The topological polar surface area (TPSA) is 105 Å². The molecule has 40 heavy (non-hydrogen) atoms. The van der Waals surface area contributed by atoms with Crippen molar-refractivity contribution in [3.63, 3.8) is 0 Å². The van der Waals surface area contributed by atoms with E-state index in [4.69, 9.17) is 0 Å². The third-order valence-electron chi connectivity index (χ3n) is 7.01. The molecule has 4 aromatic rings. The van der Waals surface area contributed by atoms with Crippen molar-refractivity contribution in [3.05, 3.63) is 99.2 Å². The van der Waals surface area contributed by atoms with Crippen LogP contribution in [0.5, 0.6) is 0 Å². The molecule has 1 atom stereocenters. The minimum Gasteiger partial charge on any atom is -0.347 e. The number of hydrogen-bond acceptors (Lipinski definition) is 5. The second kappa shape index (κ2) is 10.2. The predicted molar refractivity (Wildman–Crippen MR) is 135 cm³/mol. The standard InChI is InChI=1S/C28H23F4N5O3/c1-14-18(15(2)38)7-8-20-19(14)9-10-22(20)36-27(40)24-11-23(35-25-21(29)13-34-37(24)25)26(39)33-12-16-3-5-17(6-4-16)28(30,31)32/h3-8,11,13,22H,9-10,12H2,1-2H3,(H,33,39)(H,36,40)/t22-/m0/s1. The number of benzene rings is 2. The van der Waals surface area contributed by atoms with Gasteiger partial charge < -0.3 is 10.6 Å². The van der Waals surface area contributed by atoms with Gasteiger partial charge in [0.1, 0.15) is 11.4 Å². The van der Waals surface area contributed by atoms with Crippen LogP contribution in [0.15, 0.2) is 48.7 Å². The molecular formula is C28H23F4N5O3. The number of alkyl halides is 3. The Bertz CT molecular complexity index is 1660. The lowest BCUT2D eigenvalue weighted by Gasteiger charge is -2.16. The van der Waals surface area contributed by atoms with Gasteiger partial charge in [0.25, 0.3) is 11.8 Å². The lowest BCUT2D eigenvalue weighted by molar-refractivity contribution is -0.137. The molecule has 0 aliphatic heterocycles. The van der Waals surface area contributed by atoms with Crippen molar-refractivity contribution in [1.82, 2.24) is 25.2 Å². The molecule has 206 valence electrons. The summed E-state index contributed by atoms with van der Waals surface area (Å²) in [5.74, 6) is -2.25. The van der Waals surface area contributed by atoms with E-state index in [2.05, 4.69) is 20.7 Å². The molecule has 0 unspecified atom stereocenters. The minimum absolute atomic E-state index is 0.0446. The zero-order valence-electron chi connectivity index (χ0n) is 21.4. The molecule has 0 radical (unpaired) electrons. The smallest absolute Gasteiger partial charge is 0.347 e. The van der Waals surface area contributed by atoms with Crippen LogP contribution in [-0.4, -0.2) is 32.2 Å². The van der Waals surface area contributed by atoms with Crippen LogP contribution in [0, 0.1) is 12.7 Å². The first kappa shape index (κ1) is 27.0. The van der Waals surface area contributed by atoms with Crippen molar-refractivity contribution in [2.75, 3.05) is 0 Å². The van der Waals surface area contributed by atoms with Crippen molar-refractivity contribution in [1.29, 1.82) is 0 Å². The number of halogens is 4. The van der Waals surface area contributed by atoms with E-state index in [-0.39, 0.29) is 35.4 Å². The molecule has 2 aromatic carbocycles. The summed E-state index contributed by atoms with van der Waals surface area (Å²) in [6, 6.07) is 8.62. The minimum atomic E-state index is -4.48. The summed E-state index contributed by atoms with van der Waals surface area (Å²) in [4.78, 5) is 42.1. The van der Waals surface area contributed by atoms with E-state index in [0.717, 1.165) is 39.5 Å². The van der Waals surface area contributed by atoms with Gasteiger partial charge in [-0.15, -0.1) is 0 Å². The summed E-state index contributed by atoms with van der Waals surface area (Å²) in [5, 5.41) is 9.32. The highest BCUT2D eigenvalue weighted by molar-refractivity contribution is 5.99. The Morgan fingerprint density at radius 2 is 1.80 bits per heavy atom. The van der Waals surface area contributed by atoms with Crippen LogP contribution in [-0.2, 0) is 19.1 Å². The molecular weight excluding hydrogens is 530 g/mol. The van der Waals surface area contributed by atoms with E-state index < -0.39 is 29.4 Å². The van der Waals surface area contributed by atoms with Gasteiger partial charge >= 0.3 is 6.18 Å². The molecule has 0 spiro atoms. The molecule has 0 fully saturated rings. The average molecular weight is 554 g/mol. The summed E-state index contributed by atoms with van der Waals surface area (Å²) in [7, 11) is 0. The maximum atomic E-state index is 14.4. The first-order valence-corrected chi connectivity index (χ1v) is 12.4. The maximum Gasteiger partial charge on any atom is 0.416 e. The number of fused-ring (bicyclic) bond motifs is 2. The van der Waals surface area contributed by atoms with Crippen molar-refractivity contribution >= 4 is 23.2 Å². The predicted octanol–water partition coefficient (Wildman–Crippen LogP) is 4.75. The van der Waals surface area contributed by atoms with Crippen LogP contribution >= 0.6 is 0 Å². The molecule has 2 amide bonds. The van der Waals surface area contributed by atoms with E-state index in [1.165, 1.54) is 25.1 Å². The Balaban J connectivity index is 1.37. The lowest BCUT2D eigenvalue weighted by Crippen LogP contribution is -2.30. The number of aromatic nitrogens is 3. The molecule has 1 aliphatic rings. The Kier molecular flexibility index (Phi) is 6.86. The Hall–Kier alpha value is -4.61. The van der Waals surface area contributed by atoms with Crippen LogP contribution < -0.4 is 10.6 Å². The van der Waals surface area contributed by atoms with Gasteiger partial charge in [-0.3, -0.25) is 14.4 Å². The van der Waals surface area contributed by atoms with Crippen molar-refractivity contribution in [2.45, 2.75) is 45.5 Å². The molecule has 0 saturated heterocycles. The monoisotopic (exact) mass is 553 g/mol. The number of nitrogens with one attached hydrogen (secondary N) is 2. The normalized spacial score (nSPS) is 14.7. The highest BCUT2D eigenvalue weighted by Gasteiger charge is 2.30. The molecule has 2 heterocycles. The third-order valence-corrected chi connectivity index (χ3v) is 7.01. The zero-order valence-corrected chi connectivity index (χ0v) is 21.4. The SMILES string of the molecule is CC(=O)c1ccc2c(c1C)CC[C@@H]2NC(=O)c1cc(C(=O)NCc2ccc(C(F)(F)F)cc2)nc2c(F)cnn12. The number of nitrogens with zero attached hydrogens (tertiary/aromatic N) is 3. The number of hydrogen-bond donors (Lipinski definition) is 2. The number of ketones is 1. The second-order valence-corrected chi connectivity index (χ2v) is 9.56. The van der Waals surface area contributed by atoms with Gasteiger partial charge in [0, 0.05) is 18.2 Å². The van der Waals surface area contributed by atoms with Crippen LogP contribution in [0.1, 0.15) is 78.5 Å². The molecule has 1 aliphatic carbocycles. The quantitative estimate of drug-likeness (QED) is 0.265. The second-order valence-electron chi connectivity index (χ2n) is 9.56. The fraction of sp³-hybridized carbons (Fsp3) is 0.250. The lowest BCUT2D eigenvalue weighted by atomic mass is 9.96. The fourth-order valence-electron chi connectivity index (χ4n) is 4.94. The van der Waals surface area contributed by atoms with Gasteiger partial charge in [-0.05, 0) is 61.1 Å². The molecule has 12 heteroatoms. The van der Waals surface area contributed by atoms with Crippen molar-refractivity contribution in [2.24, 2.45) is 0 Å². The maximum absolute atomic E-state index is 14.4. The summed E-state index contributed by atoms with van der Waals surface area (Å²) in [5.41, 5.74) is 2.22. The summed E-state index contributed by atoms with van der Waals surface area (Å²) < 4.78 is 53.8.